The number of ether oxygens (including phenoxy) is 2. The first-order valence-electron chi connectivity index (χ1n) is 7.54. The Balaban J connectivity index is 1.80. The highest BCUT2D eigenvalue weighted by Gasteiger charge is 2.26. The molecule has 0 saturated carbocycles. The van der Waals surface area contributed by atoms with E-state index in [0.717, 1.165) is 12.0 Å². The van der Waals surface area contributed by atoms with Crippen LogP contribution in [0.25, 0.3) is 0 Å². The predicted molar refractivity (Wildman–Crippen MR) is 84.3 cm³/mol. The summed E-state index contributed by atoms with van der Waals surface area (Å²) in [6, 6.07) is 14.1. The third-order valence-corrected chi connectivity index (χ3v) is 3.49. The first kappa shape index (κ1) is 15.1. The molecule has 1 heterocycles. The highest BCUT2D eigenvalue weighted by Crippen LogP contribution is 2.30. The van der Waals surface area contributed by atoms with Crippen LogP contribution in [0.5, 0.6) is 11.5 Å². The fourth-order valence-electron chi connectivity index (χ4n) is 2.39. The molecule has 1 atom stereocenters. The van der Waals surface area contributed by atoms with Gasteiger partial charge in [0.2, 0.25) is 0 Å². The van der Waals surface area contributed by atoms with E-state index in [4.69, 9.17) is 9.47 Å². The van der Waals surface area contributed by atoms with Gasteiger partial charge < -0.3 is 14.8 Å². The lowest BCUT2D eigenvalue weighted by Gasteiger charge is -2.27. The maximum atomic E-state index is 12.1. The molecule has 23 heavy (non-hydrogen) atoms. The summed E-state index contributed by atoms with van der Waals surface area (Å²) in [5, 5.41) is 2.79. The average molecular weight is 311 g/mol. The number of nitrogens with one attached hydrogen (secondary N) is 1. The van der Waals surface area contributed by atoms with Crippen LogP contribution in [-0.2, 0) is 4.79 Å². The van der Waals surface area contributed by atoms with Crippen molar-refractivity contribution in [2.45, 2.75) is 26.0 Å². The summed E-state index contributed by atoms with van der Waals surface area (Å²) < 4.78 is 11.1. The van der Waals surface area contributed by atoms with Gasteiger partial charge in [0.25, 0.3) is 5.91 Å². The summed E-state index contributed by atoms with van der Waals surface area (Å²) in [7, 11) is 0. The van der Waals surface area contributed by atoms with Gasteiger partial charge in [-0.25, -0.2) is 0 Å². The molecule has 118 valence electrons. The standard InChI is InChI=1S/C18H17NO4/c1-2-6-16(20)22-13-8-5-7-12(11-13)18-19-17(21)14-9-3-4-10-15(14)23-18/h3-5,7-11,18H,2,6H2,1H3,(H,19,21)/t18-/m0/s1. The molecule has 1 N–H and O–H groups in total. The summed E-state index contributed by atoms with van der Waals surface area (Å²) in [6.07, 6.45) is 0.493. The minimum atomic E-state index is -0.609. The van der Waals surface area contributed by atoms with Crippen molar-refractivity contribution in [3.8, 4) is 11.5 Å². The van der Waals surface area contributed by atoms with Gasteiger partial charge in [-0.15, -0.1) is 0 Å². The van der Waals surface area contributed by atoms with Gasteiger partial charge in [-0.05, 0) is 30.7 Å². The lowest BCUT2D eigenvalue weighted by Crippen LogP contribution is -2.36. The molecule has 1 aliphatic rings. The number of hydrogen-bond donors (Lipinski definition) is 1. The number of benzene rings is 2. The summed E-state index contributed by atoms with van der Waals surface area (Å²) in [5.41, 5.74) is 1.23. The van der Waals surface area contributed by atoms with Crippen LogP contribution in [-0.4, -0.2) is 11.9 Å². The van der Waals surface area contributed by atoms with Crippen LogP contribution in [0.15, 0.2) is 48.5 Å². The Morgan fingerprint density at radius 3 is 2.87 bits per heavy atom. The third kappa shape index (κ3) is 3.34. The smallest absolute Gasteiger partial charge is 0.311 e. The van der Waals surface area contributed by atoms with Crippen molar-refractivity contribution in [2.75, 3.05) is 0 Å². The molecule has 2 aromatic rings. The molecule has 0 aliphatic carbocycles. The van der Waals surface area contributed by atoms with Gasteiger partial charge in [0.15, 0.2) is 6.23 Å². The summed E-state index contributed by atoms with van der Waals surface area (Å²) in [4.78, 5) is 23.7. The molecule has 0 aromatic heterocycles. The molecule has 0 spiro atoms. The second-order valence-corrected chi connectivity index (χ2v) is 5.26. The zero-order chi connectivity index (χ0) is 16.2. The number of rotatable bonds is 4. The molecule has 0 radical (unpaired) electrons. The minimum Gasteiger partial charge on any atom is -0.466 e. The Bertz CT molecular complexity index is 741. The number of para-hydroxylation sites is 1. The lowest BCUT2D eigenvalue weighted by molar-refractivity contribution is -0.134. The van der Waals surface area contributed by atoms with Gasteiger partial charge in [-0.2, -0.15) is 0 Å². The summed E-state index contributed by atoms with van der Waals surface area (Å²) in [6.45, 7) is 1.92. The van der Waals surface area contributed by atoms with Crippen LogP contribution >= 0.6 is 0 Å². The largest absolute Gasteiger partial charge is 0.466 e. The van der Waals surface area contributed by atoms with Gasteiger partial charge >= 0.3 is 5.97 Å². The van der Waals surface area contributed by atoms with Gasteiger partial charge in [-0.1, -0.05) is 31.2 Å². The third-order valence-electron chi connectivity index (χ3n) is 3.49. The Labute approximate surface area is 134 Å². The second kappa shape index (κ2) is 6.52. The Kier molecular flexibility index (Phi) is 4.28. The zero-order valence-electron chi connectivity index (χ0n) is 12.7. The molecule has 3 rings (SSSR count). The van der Waals surface area contributed by atoms with E-state index in [1.807, 2.05) is 19.1 Å². The van der Waals surface area contributed by atoms with E-state index in [0.29, 0.717) is 23.5 Å². The molecule has 1 amide bonds. The van der Waals surface area contributed by atoms with E-state index in [1.54, 1.807) is 36.4 Å². The molecule has 5 nitrogen and oxygen atoms in total. The fourth-order valence-corrected chi connectivity index (χ4v) is 2.39. The van der Waals surface area contributed by atoms with E-state index in [-0.39, 0.29) is 11.9 Å². The van der Waals surface area contributed by atoms with Crippen LogP contribution in [0.1, 0.15) is 41.9 Å². The van der Waals surface area contributed by atoms with Crippen LogP contribution in [0.2, 0.25) is 0 Å². The summed E-state index contributed by atoms with van der Waals surface area (Å²) >= 11 is 0. The van der Waals surface area contributed by atoms with Crippen molar-refractivity contribution < 1.29 is 19.1 Å². The van der Waals surface area contributed by atoms with Crippen LogP contribution < -0.4 is 14.8 Å². The highest BCUT2D eigenvalue weighted by atomic mass is 16.5. The van der Waals surface area contributed by atoms with Crippen molar-refractivity contribution >= 4 is 11.9 Å². The summed E-state index contributed by atoms with van der Waals surface area (Å²) in [5.74, 6) is 0.515. The SMILES string of the molecule is CCCC(=O)Oc1cccc([C@H]2NC(=O)c3ccccc3O2)c1. The molecule has 0 fully saturated rings. The molecule has 2 aromatic carbocycles. The lowest BCUT2D eigenvalue weighted by atomic mass is 10.1. The Hall–Kier alpha value is -2.82. The average Bonchev–Trinajstić information content (AvgIpc) is 2.55. The predicted octanol–water partition coefficient (Wildman–Crippen LogP) is 3.21. The number of amides is 1. The molecular weight excluding hydrogens is 294 g/mol. The normalized spacial score (nSPS) is 16.0. The maximum Gasteiger partial charge on any atom is 0.311 e. The molecule has 0 unspecified atom stereocenters. The van der Waals surface area contributed by atoms with Crippen molar-refractivity contribution in [3.05, 3.63) is 59.7 Å². The molecule has 0 bridgehead atoms. The minimum absolute atomic E-state index is 0.190. The molecule has 0 saturated heterocycles. The van der Waals surface area contributed by atoms with Crippen molar-refractivity contribution in [3.63, 3.8) is 0 Å². The molecular formula is C18H17NO4. The van der Waals surface area contributed by atoms with Gasteiger partial charge in [-0.3, -0.25) is 9.59 Å². The van der Waals surface area contributed by atoms with Crippen LogP contribution in [0.3, 0.4) is 0 Å². The Morgan fingerprint density at radius 2 is 2.04 bits per heavy atom. The Morgan fingerprint density at radius 1 is 1.22 bits per heavy atom. The van der Waals surface area contributed by atoms with E-state index in [9.17, 15) is 9.59 Å². The van der Waals surface area contributed by atoms with Crippen molar-refractivity contribution in [1.82, 2.24) is 5.32 Å². The topological polar surface area (TPSA) is 64.6 Å². The maximum absolute atomic E-state index is 12.1. The zero-order valence-corrected chi connectivity index (χ0v) is 12.7. The van der Waals surface area contributed by atoms with Crippen LogP contribution in [0, 0.1) is 0 Å². The van der Waals surface area contributed by atoms with Crippen molar-refractivity contribution in [1.29, 1.82) is 0 Å². The van der Waals surface area contributed by atoms with E-state index >= 15 is 0 Å². The first-order valence-corrected chi connectivity index (χ1v) is 7.54. The van der Waals surface area contributed by atoms with Gasteiger partial charge in [0.05, 0.1) is 5.56 Å². The van der Waals surface area contributed by atoms with E-state index < -0.39 is 6.23 Å². The quantitative estimate of drug-likeness (QED) is 0.695. The van der Waals surface area contributed by atoms with E-state index in [2.05, 4.69) is 5.32 Å². The van der Waals surface area contributed by atoms with Crippen LogP contribution in [0.4, 0.5) is 0 Å². The van der Waals surface area contributed by atoms with Gasteiger partial charge in [0.1, 0.15) is 11.5 Å². The fraction of sp³-hybridized carbons (Fsp3) is 0.222. The van der Waals surface area contributed by atoms with Gasteiger partial charge in [0, 0.05) is 12.0 Å². The highest BCUT2D eigenvalue weighted by molar-refractivity contribution is 5.98. The number of esters is 1. The monoisotopic (exact) mass is 311 g/mol. The van der Waals surface area contributed by atoms with Crippen molar-refractivity contribution in [2.24, 2.45) is 0 Å². The number of fused-ring (bicyclic) bond motifs is 1. The first-order chi connectivity index (χ1) is 11.2. The molecule has 5 heteroatoms. The molecule has 1 aliphatic heterocycles. The van der Waals surface area contributed by atoms with E-state index in [1.165, 1.54) is 0 Å². The number of carbonyl (C=O) groups is 2. The number of hydrogen-bond acceptors (Lipinski definition) is 4. The number of carbonyl (C=O) groups excluding carboxylic acids is 2. The second-order valence-electron chi connectivity index (χ2n) is 5.26.